The molecule has 0 amide bonds. The molecule has 0 saturated heterocycles. The molecule has 1 atom stereocenters. The molecule has 4 heteroatoms. The highest BCUT2D eigenvalue weighted by Crippen LogP contribution is 2.30. The molecule has 2 N–H and O–H groups in total. The zero-order chi connectivity index (χ0) is 10.4. The molecule has 2 aromatic rings. The predicted octanol–water partition coefficient (Wildman–Crippen LogP) is 0.452. The minimum absolute atomic E-state index is 0.0349. The van der Waals surface area contributed by atoms with Crippen LogP contribution in [0.1, 0.15) is 11.5 Å². The third kappa shape index (κ3) is 1.05. The van der Waals surface area contributed by atoms with Gasteiger partial charge in [0.05, 0.1) is 11.0 Å². The highest BCUT2D eigenvalue weighted by atomic mass is 16.1. The molecule has 0 aliphatic carbocycles. The van der Waals surface area contributed by atoms with Crippen molar-refractivity contribution in [3.05, 3.63) is 40.3 Å². The number of hydrogen-bond donors (Lipinski definition) is 1. The molecule has 2 aromatic heterocycles. The van der Waals surface area contributed by atoms with E-state index in [0.29, 0.717) is 13.1 Å². The smallest absolute Gasteiger partial charge is 0.251 e. The van der Waals surface area contributed by atoms with Crippen LogP contribution in [0.2, 0.25) is 0 Å². The summed E-state index contributed by atoms with van der Waals surface area (Å²) in [5.74, 6) is 0.255. The fraction of sp³-hybridized carbons (Fsp3) is 0.273. The zero-order valence-corrected chi connectivity index (χ0v) is 8.18. The van der Waals surface area contributed by atoms with Gasteiger partial charge >= 0.3 is 0 Å². The average molecular weight is 201 g/mol. The summed E-state index contributed by atoms with van der Waals surface area (Å²) in [6.07, 6.45) is 1.78. The van der Waals surface area contributed by atoms with E-state index in [-0.39, 0.29) is 11.5 Å². The molecule has 0 unspecified atom stereocenters. The van der Waals surface area contributed by atoms with Crippen molar-refractivity contribution in [3.8, 4) is 0 Å². The van der Waals surface area contributed by atoms with E-state index < -0.39 is 0 Å². The van der Waals surface area contributed by atoms with E-state index in [0.717, 1.165) is 16.6 Å². The van der Waals surface area contributed by atoms with Crippen LogP contribution in [0.4, 0.5) is 0 Å². The molecule has 1 aliphatic rings. The summed E-state index contributed by atoms with van der Waals surface area (Å²) in [6.45, 7) is 1.26. The second-order valence-corrected chi connectivity index (χ2v) is 3.85. The molecule has 0 aromatic carbocycles. The minimum atomic E-state index is 0.0349. The van der Waals surface area contributed by atoms with Crippen LogP contribution in [-0.4, -0.2) is 16.1 Å². The first-order chi connectivity index (χ1) is 7.31. The molecule has 4 nitrogen and oxygen atoms in total. The van der Waals surface area contributed by atoms with Gasteiger partial charge in [-0.25, -0.2) is 0 Å². The lowest BCUT2D eigenvalue weighted by Gasteiger charge is -2.05. The van der Waals surface area contributed by atoms with Gasteiger partial charge in [0.2, 0.25) is 0 Å². The normalized spacial score (nSPS) is 18.6. The van der Waals surface area contributed by atoms with Crippen molar-refractivity contribution < 1.29 is 0 Å². The van der Waals surface area contributed by atoms with Gasteiger partial charge in [0, 0.05) is 31.3 Å². The van der Waals surface area contributed by atoms with Gasteiger partial charge < -0.3 is 10.3 Å². The molecule has 3 heterocycles. The van der Waals surface area contributed by atoms with Gasteiger partial charge in [0.15, 0.2) is 0 Å². The molecule has 0 bridgehead atoms. The summed E-state index contributed by atoms with van der Waals surface area (Å²) in [6, 6.07) is 5.30. The van der Waals surface area contributed by atoms with Crippen molar-refractivity contribution >= 4 is 11.0 Å². The zero-order valence-electron chi connectivity index (χ0n) is 8.18. The van der Waals surface area contributed by atoms with E-state index in [1.54, 1.807) is 22.9 Å². The van der Waals surface area contributed by atoms with Crippen LogP contribution in [0.5, 0.6) is 0 Å². The molecular formula is C11H11N3O. The van der Waals surface area contributed by atoms with Gasteiger partial charge in [-0.2, -0.15) is 0 Å². The lowest BCUT2D eigenvalue weighted by molar-refractivity contribution is 0.608. The number of rotatable bonds is 1. The lowest BCUT2D eigenvalue weighted by Crippen LogP contribution is -2.19. The maximum atomic E-state index is 11.7. The molecule has 0 spiro atoms. The van der Waals surface area contributed by atoms with E-state index in [1.165, 1.54) is 0 Å². The molecular weight excluding hydrogens is 190 g/mol. The monoisotopic (exact) mass is 201 g/mol. The Hall–Kier alpha value is -1.68. The molecule has 15 heavy (non-hydrogen) atoms. The van der Waals surface area contributed by atoms with Crippen molar-refractivity contribution in [2.75, 3.05) is 6.54 Å². The quantitative estimate of drug-likeness (QED) is 0.728. The summed E-state index contributed by atoms with van der Waals surface area (Å²) in [7, 11) is 0. The summed E-state index contributed by atoms with van der Waals surface area (Å²) < 4.78 is 1.77. The summed E-state index contributed by atoms with van der Waals surface area (Å²) in [5.41, 5.74) is 8.73. The van der Waals surface area contributed by atoms with Crippen LogP contribution in [0.15, 0.2) is 29.2 Å². The van der Waals surface area contributed by atoms with E-state index in [2.05, 4.69) is 4.98 Å². The fourth-order valence-electron chi connectivity index (χ4n) is 2.28. The number of hydrogen-bond acceptors (Lipinski definition) is 3. The SMILES string of the molecule is NC[C@@H]1Cn2c(=O)ccc3nccc1c32. The maximum absolute atomic E-state index is 11.7. The van der Waals surface area contributed by atoms with Crippen molar-refractivity contribution in [1.29, 1.82) is 0 Å². The molecule has 76 valence electrons. The first-order valence-electron chi connectivity index (χ1n) is 5.00. The highest BCUT2D eigenvalue weighted by molar-refractivity contribution is 5.80. The van der Waals surface area contributed by atoms with Gasteiger partial charge in [0.1, 0.15) is 0 Å². The van der Waals surface area contributed by atoms with E-state index >= 15 is 0 Å². The molecule has 1 aliphatic heterocycles. The Kier molecular flexibility index (Phi) is 1.67. The van der Waals surface area contributed by atoms with Crippen molar-refractivity contribution in [2.45, 2.75) is 12.5 Å². The third-order valence-corrected chi connectivity index (χ3v) is 3.03. The topological polar surface area (TPSA) is 60.9 Å². The van der Waals surface area contributed by atoms with Crippen LogP contribution in [-0.2, 0) is 6.54 Å². The van der Waals surface area contributed by atoms with Crippen molar-refractivity contribution in [1.82, 2.24) is 9.55 Å². The van der Waals surface area contributed by atoms with Gasteiger partial charge in [-0.05, 0) is 17.7 Å². The second kappa shape index (κ2) is 2.90. The van der Waals surface area contributed by atoms with Gasteiger partial charge in [-0.1, -0.05) is 0 Å². The van der Waals surface area contributed by atoms with Gasteiger partial charge in [-0.3, -0.25) is 9.78 Å². The molecule has 0 saturated carbocycles. The van der Waals surface area contributed by atoms with Crippen LogP contribution >= 0.6 is 0 Å². The van der Waals surface area contributed by atoms with E-state index in [4.69, 9.17) is 5.73 Å². The van der Waals surface area contributed by atoms with Gasteiger partial charge in [0.25, 0.3) is 5.56 Å². The Morgan fingerprint density at radius 2 is 2.33 bits per heavy atom. The third-order valence-electron chi connectivity index (χ3n) is 3.03. The standard InChI is InChI=1S/C11H11N3O/c12-5-7-6-14-10(15)2-1-9-11(14)8(7)3-4-13-9/h1-4,7H,5-6,12H2/t7-/m1/s1. The fourth-order valence-corrected chi connectivity index (χ4v) is 2.28. The van der Waals surface area contributed by atoms with Gasteiger partial charge in [-0.15, -0.1) is 0 Å². The maximum Gasteiger partial charge on any atom is 0.251 e. The largest absolute Gasteiger partial charge is 0.330 e. The Morgan fingerprint density at radius 3 is 3.13 bits per heavy atom. The van der Waals surface area contributed by atoms with Crippen LogP contribution in [0.25, 0.3) is 11.0 Å². The Bertz CT molecular complexity index is 588. The van der Waals surface area contributed by atoms with Crippen LogP contribution in [0.3, 0.4) is 0 Å². The molecule has 0 radical (unpaired) electrons. The first-order valence-corrected chi connectivity index (χ1v) is 5.00. The Labute approximate surface area is 86.4 Å². The number of pyridine rings is 2. The van der Waals surface area contributed by atoms with Crippen molar-refractivity contribution in [2.24, 2.45) is 5.73 Å². The lowest BCUT2D eigenvalue weighted by atomic mass is 10.0. The number of nitrogens with zero attached hydrogens (tertiary/aromatic N) is 2. The Balaban J connectivity index is 2.45. The van der Waals surface area contributed by atoms with E-state index in [9.17, 15) is 4.79 Å². The highest BCUT2D eigenvalue weighted by Gasteiger charge is 2.23. The molecule has 0 fully saturated rings. The first kappa shape index (κ1) is 8.61. The second-order valence-electron chi connectivity index (χ2n) is 3.85. The number of nitrogens with two attached hydrogens (primary N) is 1. The average Bonchev–Trinajstić information content (AvgIpc) is 2.65. The van der Waals surface area contributed by atoms with Crippen LogP contribution < -0.4 is 11.3 Å². The predicted molar refractivity (Wildman–Crippen MR) is 57.8 cm³/mol. The van der Waals surface area contributed by atoms with Crippen LogP contribution in [0, 0.1) is 0 Å². The van der Waals surface area contributed by atoms with E-state index in [1.807, 2.05) is 6.07 Å². The minimum Gasteiger partial charge on any atom is -0.330 e. The number of aromatic nitrogens is 2. The van der Waals surface area contributed by atoms with Crippen molar-refractivity contribution in [3.63, 3.8) is 0 Å². The summed E-state index contributed by atoms with van der Waals surface area (Å²) in [4.78, 5) is 15.9. The molecule has 3 rings (SSSR count). The summed E-state index contributed by atoms with van der Waals surface area (Å²) in [5, 5.41) is 0. The Morgan fingerprint density at radius 1 is 1.47 bits per heavy atom. The summed E-state index contributed by atoms with van der Waals surface area (Å²) >= 11 is 0.